The summed E-state index contributed by atoms with van der Waals surface area (Å²) in [7, 11) is 1.57. The van der Waals surface area contributed by atoms with Crippen molar-refractivity contribution in [2.45, 2.75) is 19.8 Å². The third kappa shape index (κ3) is 3.87. The first-order valence-corrected chi connectivity index (χ1v) is 8.69. The molecule has 1 aliphatic heterocycles. The van der Waals surface area contributed by atoms with Crippen LogP contribution in [0, 0.1) is 0 Å². The first-order chi connectivity index (χ1) is 12.2. The Kier molecular flexibility index (Phi) is 5.43. The number of benzene rings is 2. The lowest BCUT2D eigenvalue weighted by Crippen LogP contribution is -2.21. The Hall–Kier alpha value is -2.69. The number of ether oxygens (including phenoxy) is 2. The Labute approximate surface area is 148 Å². The van der Waals surface area contributed by atoms with Gasteiger partial charge in [-0.1, -0.05) is 12.1 Å². The highest BCUT2D eigenvalue weighted by atomic mass is 16.5. The molecule has 5 heteroatoms. The zero-order valence-corrected chi connectivity index (χ0v) is 14.7. The number of amides is 1. The number of para-hydroxylation sites is 2. The maximum absolute atomic E-state index is 12.7. The molecule has 3 rings (SSSR count). The number of hydrogen-bond acceptors (Lipinski definition) is 4. The lowest BCUT2D eigenvalue weighted by atomic mass is 10.1. The molecule has 0 radical (unpaired) electrons. The maximum Gasteiger partial charge on any atom is 0.255 e. The predicted molar refractivity (Wildman–Crippen MR) is 100 cm³/mol. The molecule has 25 heavy (non-hydrogen) atoms. The van der Waals surface area contributed by atoms with Crippen molar-refractivity contribution in [3.63, 3.8) is 0 Å². The van der Waals surface area contributed by atoms with Crippen molar-refractivity contribution < 1.29 is 14.3 Å². The summed E-state index contributed by atoms with van der Waals surface area (Å²) in [6.07, 6.45) is 2.39. The van der Waals surface area contributed by atoms with Crippen molar-refractivity contribution in [2.24, 2.45) is 0 Å². The van der Waals surface area contributed by atoms with Gasteiger partial charge in [0, 0.05) is 18.7 Å². The lowest BCUT2D eigenvalue weighted by molar-refractivity contribution is 0.102. The minimum Gasteiger partial charge on any atom is -0.493 e. The molecule has 0 aliphatic carbocycles. The highest BCUT2D eigenvalue weighted by Gasteiger charge is 2.17. The van der Waals surface area contributed by atoms with E-state index < -0.39 is 0 Å². The molecular weight excluding hydrogens is 316 g/mol. The van der Waals surface area contributed by atoms with Crippen LogP contribution in [0.4, 0.5) is 11.4 Å². The number of carbonyl (C=O) groups is 1. The van der Waals surface area contributed by atoms with Crippen molar-refractivity contribution in [2.75, 3.05) is 37.0 Å². The van der Waals surface area contributed by atoms with Gasteiger partial charge in [0.1, 0.15) is 0 Å². The van der Waals surface area contributed by atoms with Crippen molar-refractivity contribution >= 4 is 17.3 Å². The lowest BCUT2D eigenvalue weighted by Gasteiger charge is -2.21. The highest BCUT2D eigenvalue weighted by molar-refractivity contribution is 6.06. The zero-order chi connectivity index (χ0) is 17.6. The number of hydrogen-bond donors (Lipinski definition) is 1. The van der Waals surface area contributed by atoms with Gasteiger partial charge < -0.3 is 19.7 Å². The van der Waals surface area contributed by atoms with Gasteiger partial charge in [0.25, 0.3) is 5.91 Å². The van der Waals surface area contributed by atoms with Crippen molar-refractivity contribution in [1.82, 2.24) is 0 Å². The smallest absolute Gasteiger partial charge is 0.255 e. The number of nitrogens with one attached hydrogen (secondary N) is 1. The molecule has 2 aromatic rings. The fraction of sp³-hybridized carbons (Fsp3) is 0.350. The molecule has 0 unspecified atom stereocenters. The molecule has 1 N–H and O–H groups in total. The van der Waals surface area contributed by atoms with Gasteiger partial charge in [-0.2, -0.15) is 0 Å². The summed E-state index contributed by atoms with van der Waals surface area (Å²) >= 11 is 0. The van der Waals surface area contributed by atoms with Crippen molar-refractivity contribution in [3.05, 3.63) is 48.0 Å². The Bertz CT molecular complexity index is 739. The third-order valence-corrected chi connectivity index (χ3v) is 4.32. The van der Waals surface area contributed by atoms with E-state index in [0.29, 0.717) is 23.7 Å². The Morgan fingerprint density at radius 3 is 2.60 bits per heavy atom. The topological polar surface area (TPSA) is 50.8 Å². The standard InChI is InChI=1S/C20H24N2O3/c1-3-25-18-11-10-15(14-19(18)24-2)20(23)21-16-8-4-5-9-17(16)22-12-6-7-13-22/h4-5,8-11,14H,3,6-7,12-13H2,1-2H3,(H,21,23). The number of methoxy groups -OCH3 is 1. The van der Waals surface area contributed by atoms with E-state index in [1.165, 1.54) is 12.8 Å². The van der Waals surface area contributed by atoms with Crippen LogP contribution < -0.4 is 19.7 Å². The molecule has 0 aromatic heterocycles. The largest absolute Gasteiger partial charge is 0.493 e. The van der Waals surface area contributed by atoms with Crippen LogP contribution in [0.3, 0.4) is 0 Å². The van der Waals surface area contributed by atoms with Gasteiger partial charge in [-0.15, -0.1) is 0 Å². The van der Waals surface area contributed by atoms with Crippen LogP contribution in [0.25, 0.3) is 0 Å². The van der Waals surface area contributed by atoms with Gasteiger partial charge >= 0.3 is 0 Å². The molecular formula is C20H24N2O3. The quantitative estimate of drug-likeness (QED) is 0.865. The Morgan fingerprint density at radius 1 is 1.12 bits per heavy atom. The normalized spacial score (nSPS) is 13.6. The molecule has 1 heterocycles. The van der Waals surface area contributed by atoms with Crippen LogP contribution in [-0.2, 0) is 0 Å². The molecule has 5 nitrogen and oxygen atoms in total. The van der Waals surface area contributed by atoms with Gasteiger partial charge in [0.05, 0.1) is 25.1 Å². The summed E-state index contributed by atoms with van der Waals surface area (Å²) in [5.74, 6) is 1.04. The number of carbonyl (C=O) groups excluding carboxylic acids is 1. The first kappa shape index (κ1) is 17.1. The highest BCUT2D eigenvalue weighted by Crippen LogP contribution is 2.31. The summed E-state index contributed by atoms with van der Waals surface area (Å²) < 4.78 is 10.8. The van der Waals surface area contributed by atoms with Gasteiger partial charge in [0.2, 0.25) is 0 Å². The van der Waals surface area contributed by atoms with Crippen LogP contribution in [0.5, 0.6) is 11.5 Å². The van der Waals surface area contributed by atoms with E-state index in [4.69, 9.17) is 9.47 Å². The molecule has 0 saturated carbocycles. The summed E-state index contributed by atoms with van der Waals surface area (Å²) in [5, 5.41) is 3.03. The van der Waals surface area contributed by atoms with Crippen LogP contribution in [0.1, 0.15) is 30.1 Å². The van der Waals surface area contributed by atoms with E-state index in [1.54, 1.807) is 25.3 Å². The van der Waals surface area contributed by atoms with Crippen LogP contribution in [-0.4, -0.2) is 32.7 Å². The fourth-order valence-corrected chi connectivity index (χ4v) is 3.09. The second-order valence-electron chi connectivity index (χ2n) is 5.96. The van der Waals surface area contributed by atoms with E-state index in [2.05, 4.69) is 16.3 Å². The molecule has 0 atom stereocenters. The van der Waals surface area contributed by atoms with E-state index in [9.17, 15) is 4.79 Å². The van der Waals surface area contributed by atoms with E-state index in [0.717, 1.165) is 24.5 Å². The third-order valence-electron chi connectivity index (χ3n) is 4.32. The van der Waals surface area contributed by atoms with Crippen LogP contribution in [0.15, 0.2) is 42.5 Å². The summed E-state index contributed by atoms with van der Waals surface area (Å²) in [5.41, 5.74) is 2.45. The molecule has 0 spiro atoms. The van der Waals surface area contributed by atoms with Crippen molar-refractivity contribution in [3.8, 4) is 11.5 Å². The summed E-state index contributed by atoms with van der Waals surface area (Å²) in [6, 6.07) is 13.2. The molecule has 1 saturated heterocycles. The minimum absolute atomic E-state index is 0.159. The van der Waals surface area contributed by atoms with E-state index >= 15 is 0 Å². The monoisotopic (exact) mass is 340 g/mol. The fourth-order valence-electron chi connectivity index (χ4n) is 3.09. The maximum atomic E-state index is 12.7. The molecule has 132 valence electrons. The number of anilines is 2. The summed E-state index contributed by atoms with van der Waals surface area (Å²) in [4.78, 5) is 15.0. The zero-order valence-electron chi connectivity index (χ0n) is 14.7. The van der Waals surface area contributed by atoms with Gasteiger partial charge in [0.15, 0.2) is 11.5 Å². The predicted octanol–water partition coefficient (Wildman–Crippen LogP) is 3.95. The molecule has 1 aliphatic rings. The Balaban J connectivity index is 1.81. The molecule has 0 bridgehead atoms. The molecule has 1 amide bonds. The second-order valence-corrected chi connectivity index (χ2v) is 5.96. The van der Waals surface area contributed by atoms with Gasteiger partial charge in [-0.25, -0.2) is 0 Å². The molecule has 1 fully saturated rings. The van der Waals surface area contributed by atoms with E-state index in [-0.39, 0.29) is 5.91 Å². The van der Waals surface area contributed by atoms with Gasteiger partial charge in [-0.3, -0.25) is 4.79 Å². The van der Waals surface area contributed by atoms with Crippen LogP contribution in [0.2, 0.25) is 0 Å². The minimum atomic E-state index is -0.159. The van der Waals surface area contributed by atoms with Crippen LogP contribution >= 0.6 is 0 Å². The summed E-state index contributed by atoms with van der Waals surface area (Å²) in [6.45, 7) is 4.52. The SMILES string of the molecule is CCOc1ccc(C(=O)Nc2ccccc2N2CCCC2)cc1OC. The van der Waals surface area contributed by atoms with Crippen molar-refractivity contribution in [1.29, 1.82) is 0 Å². The second kappa shape index (κ2) is 7.92. The van der Waals surface area contributed by atoms with E-state index in [1.807, 2.05) is 25.1 Å². The van der Waals surface area contributed by atoms with Gasteiger partial charge in [-0.05, 0) is 50.1 Å². The average Bonchev–Trinajstić information content (AvgIpc) is 3.17. The number of rotatable bonds is 6. The first-order valence-electron chi connectivity index (χ1n) is 8.69. The Morgan fingerprint density at radius 2 is 1.88 bits per heavy atom. The number of nitrogens with zero attached hydrogens (tertiary/aromatic N) is 1. The molecule has 2 aromatic carbocycles. The average molecular weight is 340 g/mol.